The summed E-state index contributed by atoms with van der Waals surface area (Å²) in [5.74, 6) is -0.740. The number of carbonyl (C=O) groups is 2. The monoisotopic (exact) mass is 570 g/mol. The zero-order valence-electron chi connectivity index (χ0n) is 23.2. The average molecular weight is 571 g/mol. The van der Waals surface area contributed by atoms with Crippen LogP contribution >= 0.6 is 0 Å². The summed E-state index contributed by atoms with van der Waals surface area (Å²) in [5, 5.41) is 18.3. The second-order valence-electron chi connectivity index (χ2n) is 10.6. The summed E-state index contributed by atoms with van der Waals surface area (Å²) >= 11 is 0. The lowest BCUT2D eigenvalue weighted by molar-refractivity contribution is -0.141. The molecule has 1 unspecified atom stereocenters. The van der Waals surface area contributed by atoms with Gasteiger partial charge in [0, 0.05) is 46.1 Å². The Labute approximate surface area is 233 Å². The molecule has 216 valence electrons. The molecule has 0 spiro atoms. The van der Waals surface area contributed by atoms with Crippen molar-refractivity contribution in [3.8, 4) is 5.88 Å². The number of rotatable bonds is 9. The minimum absolute atomic E-state index is 0.0282. The number of carboxylic acid groups (broad SMARTS) is 1. The van der Waals surface area contributed by atoms with Crippen LogP contribution in [0.1, 0.15) is 79.0 Å². The number of ether oxygens (including phenoxy) is 1. The minimum Gasteiger partial charge on any atom is -0.481 e. The first kappa shape index (κ1) is 29.6. The topological polar surface area (TPSA) is 133 Å². The third-order valence-corrected chi connectivity index (χ3v) is 6.45. The van der Waals surface area contributed by atoms with E-state index in [0.717, 1.165) is 6.07 Å². The quantitative estimate of drug-likeness (QED) is 0.263. The van der Waals surface area contributed by atoms with Gasteiger partial charge < -0.3 is 14.4 Å². The van der Waals surface area contributed by atoms with Gasteiger partial charge in [-0.3, -0.25) is 9.59 Å². The number of pyridine rings is 1. The third kappa shape index (κ3) is 6.50. The Balaban J connectivity index is 1.85. The van der Waals surface area contributed by atoms with Crippen molar-refractivity contribution in [1.82, 2.24) is 29.7 Å². The molecule has 0 saturated heterocycles. The van der Waals surface area contributed by atoms with Crippen molar-refractivity contribution in [1.29, 1.82) is 0 Å². The number of carbonyl (C=O) groups excluding carboxylic acids is 1. The maximum Gasteiger partial charge on any atom is 0.433 e. The zero-order valence-corrected chi connectivity index (χ0v) is 23.2. The van der Waals surface area contributed by atoms with E-state index in [9.17, 15) is 27.9 Å². The summed E-state index contributed by atoms with van der Waals surface area (Å²) in [5.41, 5.74) is -0.0912. The highest BCUT2D eigenvalue weighted by Gasteiger charge is 2.34. The number of carboxylic acids is 1. The lowest BCUT2D eigenvalue weighted by Gasteiger charge is -2.21. The highest BCUT2D eigenvalue weighted by Crippen LogP contribution is 2.36. The normalized spacial score (nSPS) is 12.9. The van der Waals surface area contributed by atoms with Gasteiger partial charge in [0.15, 0.2) is 11.4 Å². The van der Waals surface area contributed by atoms with Gasteiger partial charge in [0.25, 0.3) is 0 Å². The number of ketones is 1. The number of aliphatic carboxylic acids is 1. The molecule has 0 fully saturated rings. The summed E-state index contributed by atoms with van der Waals surface area (Å²) in [6.45, 7) is 8.54. The molecule has 1 atom stereocenters. The van der Waals surface area contributed by atoms with E-state index in [1.807, 2.05) is 6.92 Å². The van der Waals surface area contributed by atoms with Crippen molar-refractivity contribution < 1.29 is 32.6 Å². The molecule has 10 nitrogen and oxygen atoms in total. The van der Waals surface area contributed by atoms with Crippen LogP contribution in [-0.4, -0.2) is 46.6 Å². The van der Waals surface area contributed by atoms with E-state index in [4.69, 9.17) is 4.74 Å². The largest absolute Gasteiger partial charge is 0.481 e. The van der Waals surface area contributed by atoms with Crippen LogP contribution < -0.4 is 4.74 Å². The maximum absolute atomic E-state index is 13.8. The molecule has 4 aromatic heterocycles. The molecule has 0 aliphatic heterocycles. The van der Waals surface area contributed by atoms with Crippen LogP contribution in [0.4, 0.5) is 13.2 Å². The number of aromatic nitrogens is 6. The first-order valence-electron chi connectivity index (χ1n) is 12.8. The van der Waals surface area contributed by atoms with Crippen LogP contribution in [0, 0.1) is 12.3 Å². The summed E-state index contributed by atoms with van der Waals surface area (Å²) in [6, 6.07) is 4.53. The number of nitrogens with zero attached hydrogens (tertiary/aromatic N) is 6. The van der Waals surface area contributed by atoms with Crippen LogP contribution in [-0.2, 0) is 24.0 Å². The maximum atomic E-state index is 13.8. The number of Topliss-reactive ketones (excluding diaryl/α,β-unsaturated/α-hetero) is 1. The van der Waals surface area contributed by atoms with Gasteiger partial charge in [0.05, 0.1) is 18.2 Å². The van der Waals surface area contributed by atoms with E-state index >= 15 is 0 Å². The molecule has 0 bridgehead atoms. The first-order valence-corrected chi connectivity index (χ1v) is 12.8. The van der Waals surface area contributed by atoms with Gasteiger partial charge in [0.2, 0.25) is 5.88 Å². The molecule has 4 rings (SSSR count). The standard InChI is InChI=1S/C28H29F3N6O4/c1-15(17-12-32-16(2)33-13-17)37-20(9-10-23(38)39)24(25(40)27(3,4)5)19-11-22(35-36-26(19)37)41-14-18-7-6-8-21(34-18)28(29,30)31/h6-8,11-13,15H,9-10,14H2,1-5H3,(H,38,39). The van der Waals surface area contributed by atoms with Gasteiger partial charge in [-0.1, -0.05) is 26.8 Å². The van der Waals surface area contributed by atoms with E-state index in [2.05, 4.69) is 25.1 Å². The number of alkyl halides is 3. The Morgan fingerprint density at radius 3 is 2.39 bits per heavy atom. The van der Waals surface area contributed by atoms with Crippen LogP contribution in [0.3, 0.4) is 0 Å². The van der Waals surface area contributed by atoms with Crippen molar-refractivity contribution in [3.05, 3.63) is 70.7 Å². The molecular weight excluding hydrogens is 541 g/mol. The summed E-state index contributed by atoms with van der Waals surface area (Å²) in [7, 11) is 0. The molecule has 0 aromatic carbocycles. The Hall–Kier alpha value is -4.42. The van der Waals surface area contributed by atoms with Gasteiger partial charge in [0.1, 0.15) is 18.1 Å². The Morgan fingerprint density at radius 2 is 1.78 bits per heavy atom. The van der Waals surface area contributed by atoms with Gasteiger partial charge in [-0.15, -0.1) is 10.2 Å². The van der Waals surface area contributed by atoms with Crippen LogP contribution in [0.15, 0.2) is 36.7 Å². The lowest BCUT2D eigenvalue weighted by atomic mass is 9.85. The molecule has 0 aliphatic rings. The molecule has 4 aromatic rings. The molecule has 13 heteroatoms. The van der Waals surface area contributed by atoms with Crippen molar-refractivity contribution in [2.24, 2.45) is 5.41 Å². The van der Waals surface area contributed by atoms with E-state index in [1.54, 1.807) is 44.7 Å². The van der Waals surface area contributed by atoms with E-state index < -0.39 is 29.3 Å². The van der Waals surface area contributed by atoms with Gasteiger partial charge in [-0.05, 0) is 32.4 Å². The zero-order chi connectivity index (χ0) is 30.1. The molecule has 41 heavy (non-hydrogen) atoms. The Bertz CT molecular complexity index is 1590. The Morgan fingerprint density at radius 1 is 1.10 bits per heavy atom. The Kier molecular flexibility index (Phi) is 8.09. The predicted molar refractivity (Wildman–Crippen MR) is 141 cm³/mol. The summed E-state index contributed by atoms with van der Waals surface area (Å²) in [4.78, 5) is 37.5. The number of fused-ring (bicyclic) bond motifs is 1. The highest BCUT2D eigenvalue weighted by atomic mass is 19.4. The highest BCUT2D eigenvalue weighted by molar-refractivity contribution is 6.11. The van der Waals surface area contributed by atoms with Gasteiger partial charge in [-0.25, -0.2) is 15.0 Å². The van der Waals surface area contributed by atoms with Crippen LogP contribution in [0.2, 0.25) is 0 Å². The number of hydrogen-bond donors (Lipinski definition) is 1. The summed E-state index contributed by atoms with van der Waals surface area (Å²) in [6.07, 6.45) is -1.51. The molecule has 1 N–H and O–H groups in total. The van der Waals surface area contributed by atoms with E-state index in [-0.39, 0.29) is 42.4 Å². The lowest BCUT2D eigenvalue weighted by Crippen LogP contribution is -2.22. The SMILES string of the molecule is Cc1ncc(C(C)n2c(CCC(=O)O)c(C(=O)C(C)(C)C)c3cc(OCc4cccc(C(F)(F)F)n4)nnc32)cn1. The molecule has 0 aliphatic carbocycles. The average Bonchev–Trinajstić information content (AvgIpc) is 3.22. The third-order valence-electron chi connectivity index (χ3n) is 6.45. The van der Waals surface area contributed by atoms with Crippen LogP contribution in [0.25, 0.3) is 11.0 Å². The van der Waals surface area contributed by atoms with Crippen LogP contribution in [0.5, 0.6) is 5.88 Å². The van der Waals surface area contributed by atoms with Crippen molar-refractivity contribution in [2.45, 2.75) is 66.3 Å². The van der Waals surface area contributed by atoms with E-state index in [0.29, 0.717) is 28.1 Å². The van der Waals surface area contributed by atoms with Crippen molar-refractivity contribution in [3.63, 3.8) is 0 Å². The number of halogens is 3. The molecule has 0 radical (unpaired) electrons. The molecular formula is C28H29F3N6O4. The molecule has 0 saturated carbocycles. The second-order valence-corrected chi connectivity index (χ2v) is 10.6. The fourth-order valence-corrected chi connectivity index (χ4v) is 4.35. The smallest absolute Gasteiger partial charge is 0.433 e. The van der Waals surface area contributed by atoms with Gasteiger partial charge >= 0.3 is 12.1 Å². The second kappa shape index (κ2) is 11.2. The number of aryl methyl sites for hydroxylation is 1. The summed E-state index contributed by atoms with van der Waals surface area (Å²) < 4.78 is 46.6. The number of hydrogen-bond acceptors (Lipinski definition) is 8. The first-order chi connectivity index (χ1) is 19.2. The fraction of sp³-hybridized carbons (Fsp3) is 0.393. The molecule has 0 amide bonds. The van der Waals surface area contributed by atoms with Crippen molar-refractivity contribution in [2.75, 3.05) is 0 Å². The van der Waals surface area contributed by atoms with Crippen molar-refractivity contribution >= 4 is 22.8 Å². The molecule has 4 heterocycles. The van der Waals surface area contributed by atoms with E-state index in [1.165, 1.54) is 18.2 Å². The van der Waals surface area contributed by atoms with Gasteiger partial charge in [-0.2, -0.15) is 13.2 Å². The predicted octanol–water partition coefficient (Wildman–Crippen LogP) is 5.38. The minimum atomic E-state index is -4.61. The fourth-order valence-electron chi connectivity index (χ4n) is 4.35.